The molecular formula is C46H30N2S. The van der Waals surface area contributed by atoms with Gasteiger partial charge in [-0.25, -0.2) is 0 Å². The van der Waals surface area contributed by atoms with Crippen molar-refractivity contribution in [2.24, 2.45) is 0 Å². The first-order valence-electron chi connectivity index (χ1n) is 16.7. The van der Waals surface area contributed by atoms with Gasteiger partial charge in [0.15, 0.2) is 0 Å². The van der Waals surface area contributed by atoms with Crippen molar-refractivity contribution in [3.63, 3.8) is 0 Å². The molecule has 0 aliphatic carbocycles. The second-order valence-electron chi connectivity index (χ2n) is 12.5. The number of thiophene rings is 1. The van der Waals surface area contributed by atoms with Gasteiger partial charge in [0.1, 0.15) is 0 Å². The molecule has 0 spiro atoms. The monoisotopic (exact) mass is 642 g/mol. The van der Waals surface area contributed by atoms with E-state index in [1.54, 1.807) is 0 Å². The van der Waals surface area contributed by atoms with E-state index in [4.69, 9.17) is 0 Å². The number of para-hydroxylation sites is 1. The van der Waals surface area contributed by atoms with Crippen molar-refractivity contribution in [3.05, 3.63) is 182 Å². The molecule has 2 nitrogen and oxygen atoms in total. The summed E-state index contributed by atoms with van der Waals surface area (Å²) in [5.74, 6) is 0. The van der Waals surface area contributed by atoms with Gasteiger partial charge in [-0.3, -0.25) is 0 Å². The maximum Gasteiger partial charge on any atom is 0.0619 e. The lowest BCUT2D eigenvalue weighted by Crippen LogP contribution is -2.10. The molecule has 2 aromatic heterocycles. The largest absolute Gasteiger partial charge is 0.310 e. The molecule has 0 amide bonds. The molecule has 0 fully saturated rings. The summed E-state index contributed by atoms with van der Waals surface area (Å²) in [5, 5.41) is 7.62. The van der Waals surface area contributed by atoms with Crippen LogP contribution >= 0.6 is 11.3 Å². The minimum Gasteiger partial charge on any atom is -0.310 e. The first-order valence-corrected chi connectivity index (χ1v) is 17.5. The van der Waals surface area contributed by atoms with E-state index in [-0.39, 0.29) is 0 Å². The minimum absolute atomic E-state index is 1.12. The smallest absolute Gasteiger partial charge is 0.0619 e. The van der Waals surface area contributed by atoms with E-state index in [9.17, 15) is 0 Å². The highest BCUT2D eigenvalue weighted by molar-refractivity contribution is 7.26. The summed E-state index contributed by atoms with van der Waals surface area (Å²) >= 11 is 1.86. The first-order chi connectivity index (χ1) is 24.3. The quantitative estimate of drug-likeness (QED) is 0.181. The standard InChI is InChI=1S/C46H30N2S/c1-2-11-31(12-3-1)32-21-24-34(25-22-32)47(42-18-10-20-44-45(42)40-16-7-9-19-43(40)49-44)35-26-28-36(29-27-35)48-41-17-8-6-15-38(41)39-30-23-33-13-4-5-14-37(33)46(39)48/h1-30H. The Morgan fingerprint density at radius 2 is 1.04 bits per heavy atom. The number of anilines is 3. The van der Waals surface area contributed by atoms with Crippen LogP contribution in [0.4, 0.5) is 17.1 Å². The topological polar surface area (TPSA) is 8.17 Å². The third-order valence-electron chi connectivity index (χ3n) is 9.78. The zero-order valence-electron chi connectivity index (χ0n) is 26.6. The molecule has 2 heterocycles. The van der Waals surface area contributed by atoms with Crippen molar-refractivity contribution in [1.82, 2.24) is 4.57 Å². The summed E-state index contributed by atoms with van der Waals surface area (Å²) in [4.78, 5) is 2.42. The van der Waals surface area contributed by atoms with Gasteiger partial charge in [-0.05, 0) is 77.2 Å². The Balaban J connectivity index is 1.18. The number of hydrogen-bond donors (Lipinski definition) is 0. The van der Waals surface area contributed by atoms with Crippen molar-refractivity contribution in [2.45, 2.75) is 0 Å². The van der Waals surface area contributed by atoms with Crippen molar-refractivity contribution in [3.8, 4) is 16.8 Å². The lowest BCUT2D eigenvalue weighted by Gasteiger charge is -2.27. The van der Waals surface area contributed by atoms with Gasteiger partial charge in [0.05, 0.1) is 16.7 Å². The fourth-order valence-corrected chi connectivity index (χ4v) is 8.68. The molecular weight excluding hydrogens is 613 g/mol. The summed E-state index contributed by atoms with van der Waals surface area (Å²) in [6.07, 6.45) is 0. The molecule has 230 valence electrons. The van der Waals surface area contributed by atoms with Crippen LogP contribution in [-0.2, 0) is 0 Å². The SMILES string of the molecule is c1ccc(-c2ccc(N(c3ccc(-n4c5ccccc5c5ccc6ccccc6c54)cc3)c3cccc4sc5ccccc5c34)cc2)cc1. The minimum atomic E-state index is 1.12. The maximum absolute atomic E-state index is 2.43. The molecule has 49 heavy (non-hydrogen) atoms. The fourth-order valence-electron chi connectivity index (χ4n) is 7.55. The Morgan fingerprint density at radius 3 is 1.86 bits per heavy atom. The van der Waals surface area contributed by atoms with Gasteiger partial charge in [0.2, 0.25) is 0 Å². The highest BCUT2D eigenvalue weighted by atomic mass is 32.1. The van der Waals surface area contributed by atoms with Crippen LogP contribution in [0.1, 0.15) is 0 Å². The van der Waals surface area contributed by atoms with Crippen LogP contribution in [0.5, 0.6) is 0 Å². The van der Waals surface area contributed by atoms with Gasteiger partial charge in [-0.1, -0.05) is 121 Å². The highest BCUT2D eigenvalue weighted by Gasteiger charge is 2.20. The number of fused-ring (bicyclic) bond motifs is 8. The Morgan fingerprint density at radius 1 is 0.408 bits per heavy atom. The second-order valence-corrected chi connectivity index (χ2v) is 13.6. The van der Waals surface area contributed by atoms with E-state index >= 15 is 0 Å². The molecule has 3 heteroatoms. The van der Waals surface area contributed by atoms with E-state index in [2.05, 4.69) is 191 Å². The molecule has 0 aliphatic rings. The molecule has 0 unspecified atom stereocenters. The zero-order chi connectivity index (χ0) is 32.3. The molecule has 0 radical (unpaired) electrons. The lowest BCUT2D eigenvalue weighted by molar-refractivity contribution is 1.18. The van der Waals surface area contributed by atoms with Crippen LogP contribution in [0.15, 0.2) is 182 Å². The number of rotatable bonds is 5. The number of aromatic nitrogens is 1. The summed E-state index contributed by atoms with van der Waals surface area (Å²) < 4.78 is 5.03. The normalized spacial score (nSPS) is 11.7. The molecule has 10 rings (SSSR count). The fraction of sp³-hybridized carbons (Fsp3) is 0. The van der Waals surface area contributed by atoms with Crippen LogP contribution in [0.2, 0.25) is 0 Å². The summed E-state index contributed by atoms with van der Waals surface area (Å²) in [7, 11) is 0. The Hall–Kier alpha value is -6.16. The Bertz CT molecular complexity index is 2810. The molecule has 0 saturated heterocycles. The molecule has 0 N–H and O–H groups in total. The van der Waals surface area contributed by atoms with E-state index in [1.807, 2.05) is 11.3 Å². The van der Waals surface area contributed by atoms with Gasteiger partial charge >= 0.3 is 0 Å². The van der Waals surface area contributed by atoms with Crippen LogP contribution in [0.25, 0.3) is 69.6 Å². The molecule has 10 aromatic rings. The zero-order valence-corrected chi connectivity index (χ0v) is 27.4. The Kier molecular flexibility index (Phi) is 6.39. The molecule has 0 bridgehead atoms. The number of hydrogen-bond acceptors (Lipinski definition) is 2. The first kappa shape index (κ1) is 27.9. The lowest BCUT2D eigenvalue weighted by atomic mass is 10.0. The predicted molar refractivity (Wildman–Crippen MR) is 211 cm³/mol. The van der Waals surface area contributed by atoms with Crippen molar-refractivity contribution < 1.29 is 0 Å². The van der Waals surface area contributed by atoms with Crippen molar-refractivity contribution >= 4 is 81.1 Å². The van der Waals surface area contributed by atoms with E-state index in [0.717, 1.165) is 17.1 Å². The van der Waals surface area contributed by atoms with Gasteiger partial charge < -0.3 is 9.47 Å². The molecule has 0 aliphatic heterocycles. The molecule has 8 aromatic carbocycles. The third-order valence-corrected chi connectivity index (χ3v) is 10.9. The summed E-state index contributed by atoms with van der Waals surface area (Å²) in [6.45, 7) is 0. The average Bonchev–Trinajstić information content (AvgIpc) is 3.73. The van der Waals surface area contributed by atoms with E-state index in [0.29, 0.717) is 0 Å². The molecule has 0 atom stereocenters. The predicted octanol–water partition coefficient (Wildman–Crippen LogP) is 13.4. The highest BCUT2D eigenvalue weighted by Crippen LogP contribution is 2.45. The summed E-state index contributed by atoms with van der Waals surface area (Å²) in [5.41, 5.74) is 9.44. The van der Waals surface area contributed by atoms with Crippen LogP contribution in [0.3, 0.4) is 0 Å². The summed E-state index contributed by atoms with van der Waals surface area (Å²) in [6, 6.07) is 66.1. The number of benzene rings is 8. The van der Waals surface area contributed by atoms with E-state index < -0.39 is 0 Å². The van der Waals surface area contributed by atoms with Crippen LogP contribution in [-0.4, -0.2) is 4.57 Å². The van der Waals surface area contributed by atoms with Gasteiger partial charge in [0.25, 0.3) is 0 Å². The third kappa shape index (κ3) is 4.47. The average molecular weight is 643 g/mol. The van der Waals surface area contributed by atoms with Crippen LogP contribution in [0, 0.1) is 0 Å². The Labute approximate surface area is 288 Å². The second kappa shape index (κ2) is 11.2. The van der Waals surface area contributed by atoms with Gasteiger partial charge in [0, 0.05) is 53.4 Å². The van der Waals surface area contributed by atoms with Gasteiger partial charge in [-0.15, -0.1) is 11.3 Å². The number of nitrogens with zero attached hydrogens (tertiary/aromatic N) is 2. The maximum atomic E-state index is 2.43. The van der Waals surface area contributed by atoms with E-state index in [1.165, 1.54) is 69.6 Å². The van der Waals surface area contributed by atoms with Crippen molar-refractivity contribution in [1.29, 1.82) is 0 Å². The van der Waals surface area contributed by atoms with Crippen molar-refractivity contribution in [2.75, 3.05) is 4.90 Å². The van der Waals surface area contributed by atoms with Gasteiger partial charge in [-0.2, -0.15) is 0 Å². The van der Waals surface area contributed by atoms with Crippen LogP contribution < -0.4 is 4.90 Å². The molecule has 0 saturated carbocycles.